The van der Waals surface area contributed by atoms with E-state index in [1.165, 1.54) is 43.8 Å². The van der Waals surface area contributed by atoms with Gasteiger partial charge in [-0.05, 0) is 38.1 Å². The number of carboxylic acid groups (broad SMARTS) is 1. The lowest BCUT2D eigenvalue weighted by Gasteiger charge is -2.30. The number of nitro groups is 2. The van der Waals surface area contributed by atoms with Gasteiger partial charge in [-0.15, -0.1) is 0 Å². The summed E-state index contributed by atoms with van der Waals surface area (Å²) in [6.45, 7) is 3.78. The van der Waals surface area contributed by atoms with Crippen molar-refractivity contribution in [2.75, 3.05) is 26.2 Å². The molecule has 0 aromatic heterocycles. The van der Waals surface area contributed by atoms with E-state index in [1.54, 1.807) is 4.90 Å². The highest BCUT2D eigenvalue weighted by Gasteiger charge is 2.27. The number of carbonyl (C=O) groups is 2. The predicted octanol–water partition coefficient (Wildman–Crippen LogP) is 2.12. The molecule has 2 aliphatic heterocycles. The lowest BCUT2D eigenvalue weighted by Crippen LogP contribution is -2.42. The van der Waals surface area contributed by atoms with Gasteiger partial charge in [-0.2, -0.15) is 0 Å². The SMILES string of the molecule is C1CNC1.O=C(O)c1cccc([N+](=O)[O-])c1O.O=C(c1cccc([N+](=O)[O-])c1O)N1CCC1. The van der Waals surface area contributed by atoms with Crippen LogP contribution in [-0.2, 0) is 0 Å². The van der Waals surface area contributed by atoms with Crippen LogP contribution >= 0.6 is 0 Å². The summed E-state index contributed by atoms with van der Waals surface area (Å²) in [6, 6.07) is 7.27. The number of nitrogens with zero attached hydrogens (tertiary/aromatic N) is 3. The summed E-state index contributed by atoms with van der Waals surface area (Å²) < 4.78 is 0. The lowest BCUT2D eigenvalue weighted by molar-refractivity contribution is -0.386. The molecule has 33 heavy (non-hydrogen) atoms. The van der Waals surface area contributed by atoms with E-state index >= 15 is 0 Å². The van der Waals surface area contributed by atoms with E-state index in [1.807, 2.05) is 0 Å². The molecule has 0 aliphatic carbocycles. The van der Waals surface area contributed by atoms with E-state index in [4.69, 9.17) is 10.2 Å². The van der Waals surface area contributed by atoms with Crippen molar-refractivity contribution in [3.63, 3.8) is 0 Å². The molecular formula is C20H22N4O9. The third-order valence-electron chi connectivity index (χ3n) is 4.73. The van der Waals surface area contributed by atoms with Crippen LogP contribution in [0.3, 0.4) is 0 Å². The fourth-order valence-corrected chi connectivity index (χ4v) is 2.57. The molecule has 4 N–H and O–H groups in total. The number of phenols is 2. The fraction of sp³-hybridized carbons (Fsp3) is 0.300. The van der Waals surface area contributed by atoms with E-state index < -0.39 is 44.3 Å². The molecule has 2 heterocycles. The van der Waals surface area contributed by atoms with Gasteiger partial charge in [0.15, 0.2) is 0 Å². The second-order valence-corrected chi connectivity index (χ2v) is 6.92. The molecule has 2 aromatic carbocycles. The minimum absolute atomic E-state index is 0.00565. The number of hydrogen-bond donors (Lipinski definition) is 4. The Bertz CT molecular complexity index is 1010. The number of aromatic hydroxyl groups is 2. The molecule has 1 amide bonds. The molecule has 13 heteroatoms. The molecule has 0 spiro atoms. The number of carboxylic acids is 1. The number of likely N-dealkylation sites (tertiary alicyclic amines) is 1. The molecule has 2 aromatic rings. The van der Waals surface area contributed by atoms with Gasteiger partial charge >= 0.3 is 17.3 Å². The number of amides is 1. The minimum Gasteiger partial charge on any atom is -0.502 e. The minimum atomic E-state index is -1.40. The van der Waals surface area contributed by atoms with Gasteiger partial charge in [0.1, 0.15) is 5.56 Å². The highest BCUT2D eigenvalue weighted by atomic mass is 16.6. The molecule has 0 atom stereocenters. The first-order valence-corrected chi connectivity index (χ1v) is 9.81. The van der Waals surface area contributed by atoms with Crippen LogP contribution < -0.4 is 5.32 Å². The molecule has 2 saturated heterocycles. The summed E-state index contributed by atoms with van der Waals surface area (Å²) in [5.41, 5.74) is -1.53. The first-order chi connectivity index (χ1) is 15.6. The Labute approximate surface area is 187 Å². The average molecular weight is 462 g/mol. The van der Waals surface area contributed by atoms with Crippen molar-refractivity contribution in [2.24, 2.45) is 0 Å². The number of phenolic OH excluding ortho intramolecular Hbond substituents is 1. The zero-order chi connectivity index (χ0) is 24.5. The van der Waals surface area contributed by atoms with E-state index in [9.17, 15) is 34.9 Å². The summed E-state index contributed by atoms with van der Waals surface area (Å²) in [5, 5.41) is 51.1. The van der Waals surface area contributed by atoms with Crippen LogP contribution in [0.4, 0.5) is 11.4 Å². The molecule has 176 valence electrons. The van der Waals surface area contributed by atoms with Gasteiger partial charge in [-0.1, -0.05) is 12.1 Å². The molecule has 0 bridgehead atoms. The Morgan fingerprint density at radius 3 is 1.61 bits per heavy atom. The van der Waals surface area contributed by atoms with Gasteiger partial charge in [0.25, 0.3) is 5.91 Å². The van der Waals surface area contributed by atoms with Gasteiger partial charge < -0.3 is 25.5 Å². The molecule has 2 fully saturated rings. The summed E-state index contributed by atoms with van der Waals surface area (Å²) in [6.07, 6.45) is 2.32. The number of hydrogen-bond acceptors (Lipinski definition) is 9. The van der Waals surface area contributed by atoms with Gasteiger partial charge in [0, 0.05) is 25.2 Å². The fourth-order valence-electron chi connectivity index (χ4n) is 2.57. The first kappa shape index (κ1) is 25.0. The van der Waals surface area contributed by atoms with Crippen molar-refractivity contribution in [2.45, 2.75) is 12.8 Å². The van der Waals surface area contributed by atoms with Crippen LogP contribution in [0.25, 0.3) is 0 Å². The number of benzene rings is 2. The smallest absolute Gasteiger partial charge is 0.339 e. The van der Waals surface area contributed by atoms with Crippen LogP contribution in [0.1, 0.15) is 33.6 Å². The summed E-state index contributed by atoms with van der Waals surface area (Å²) in [4.78, 5) is 43.0. The van der Waals surface area contributed by atoms with Crippen molar-refractivity contribution < 1.29 is 34.8 Å². The maximum atomic E-state index is 11.8. The highest BCUT2D eigenvalue weighted by Crippen LogP contribution is 2.31. The third-order valence-corrected chi connectivity index (χ3v) is 4.73. The molecule has 0 unspecified atom stereocenters. The Kier molecular flexibility index (Phi) is 8.63. The standard InChI is InChI=1S/C10H10N2O4.C7H5NO5.C3H7N/c13-9-7(10(14)11-5-2-6-11)3-1-4-8(9)12(15)16;9-6-4(7(10)11)2-1-3-5(6)8(12)13;1-2-4-3-1/h1,3-4,13H,2,5-6H2;1-3,9H,(H,10,11);4H,1-3H2. The van der Waals surface area contributed by atoms with Crippen LogP contribution in [0, 0.1) is 20.2 Å². The van der Waals surface area contributed by atoms with Gasteiger partial charge in [-0.25, -0.2) is 4.79 Å². The van der Waals surface area contributed by atoms with Crippen molar-refractivity contribution in [3.05, 3.63) is 67.8 Å². The summed E-state index contributed by atoms with van der Waals surface area (Å²) in [7, 11) is 0. The van der Waals surface area contributed by atoms with E-state index in [2.05, 4.69) is 5.32 Å². The van der Waals surface area contributed by atoms with E-state index in [0.29, 0.717) is 13.1 Å². The number of nitro benzene ring substituents is 2. The normalized spacial score (nSPS) is 13.6. The molecule has 13 nitrogen and oxygen atoms in total. The van der Waals surface area contributed by atoms with Crippen molar-refractivity contribution in [1.82, 2.24) is 10.2 Å². The monoisotopic (exact) mass is 462 g/mol. The number of para-hydroxylation sites is 2. The molecule has 0 radical (unpaired) electrons. The second kappa shape index (κ2) is 11.4. The quantitative estimate of drug-likeness (QED) is 0.386. The summed E-state index contributed by atoms with van der Waals surface area (Å²) in [5.74, 6) is -3.13. The Hall–Kier alpha value is -4.26. The molecule has 2 aliphatic rings. The summed E-state index contributed by atoms with van der Waals surface area (Å²) >= 11 is 0. The van der Waals surface area contributed by atoms with Crippen LogP contribution in [0.2, 0.25) is 0 Å². The van der Waals surface area contributed by atoms with Gasteiger partial charge in [0.05, 0.1) is 15.4 Å². The first-order valence-electron chi connectivity index (χ1n) is 9.81. The van der Waals surface area contributed by atoms with E-state index in [-0.39, 0.29) is 11.5 Å². The average Bonchev–Trinajstić information content (AvgIpc) is 2.65. The Morgan fingerprint density at radius 1 is 0.848 bits per heavy atom. The van der Waals surface area contributed by atoms with Crippen LogP contribution in [-0.4, -0.2) is 68.1 Å². The maximum Gasteiger partial charge on any atom is 0.339 e. The maximum absolute atomic E-state index is 11.8. The number of rotatable bonds is 4. The Morgan fingerprint density at radius 2 is 1.27 bits per heavy atom. The van der Waals surface area contributed by atoms with Crippen LogP contribution in [0.5, 0.6) is 11.5 Å². The topological polar surface area (TPSA) is 196 Å². The number of nitrogens with one attached hydrogen (secondary N) is 1. The predicted molar refractivity (Wildman–Crippen MR) is 114 cm³/mol. The molecule has 4 rings (SSSR count). The largest absolute Gasteiger partial charge is 0.502 e. The lowest BCUT2D eigenvalue weighted by atomic mass is 10.1. The molecule has 0 saturated carbocycles. The van der Waals surface area contributed by atoms with Gasteiger partial charge in [-0.3, -0.25) is 25.0 Å². The number of aromatic carboxylic acids is 1. The van der Waals surface area contributed by atoms with Crippen molar-refractivity contribution in [3.8, 4) is 11.5 Å². The zero-order valence-corrected chi connectivity index (χ0v) is 17.3. The third kappa shape index (κ3) is 6.36. The zero-order valence-electron chi connectivity index (χ0n) is 17.3. The Balaban J connectivity index is 0.000000203. The van der Waals surface area contributed by atoms with Gasteiger partial charge in [0.2, 0.25) is 11.5 Å². The van der Waals surface area contributed by atoms with Crippen LogP contribution in [0.15, 0.2) is 36.4 Å². The van der Waals surface area contributed by atoms with Crippen molar-refractivity contribution in [1.29, 1.82) is 0 Å². The second-order valence-electron chi connectivity index (χ2n) is 6.92. The highest BCUT2D eigenvalue weighted by molar-refractivity contribution is 5.98. The van der Waals surface area contributed by atoms with Crippen molar-refractivity contribution >= 4 is 23.3 Å². The number of carbonyl (C=O) groups excluding carboxylic acids is 1. The molecular weight excluding hydrogens is 440 g/mol. The van der Waals surface area contributed by atoms with E-state index in [0.717, 1.165) is 18.6 Å².